The first kappa shape index (κ1) is 25.7. The van der Waals surface area contributed by atoms with E-state index in [0.717, 1.165) is 11.1 Å². The Bertz CT molecular complexity index is 1550. The van der Waals surface area contributed by atoms with Crippen LogP contribution in [0, 0.1) is 12.7 Å². The van der Waals surface area contributed by atoms with Crippen LogP contribution in [0.4, 0.5) is 10.1 Å². The van der Waals surface area contributed by atoms with E-state index >= 15 is 0 Å². The fourth-order valence-electron chi connectivity index (χ4n) is 4.65. The van der Waals surface area contributed by atoms with Crippen molar-refractivity contribution in [1.82, 2.24) is 0 Å². The van der Waals surface area contributed by atoms with E-state index in [1.165, 1.54) is 36.3 Å². The van der Waals surface area contributed by atoms with Gasteiger partial charge in [-0.1, -0.05) is 42.5 Å². The monoisotopic (exact) mass is 523 g/mol. The van der Waals surface area contributed by atoms with Gasteiger partial charge in [0, 0.05) is 11.3 Å². The predicted octanol–water partition coefficient (Wildman–Crippen LogP) is 6.35. The molecule has 39 heavy (non-hydrogen) atoms. The zero-order valence-corrected chi connectivity index (χ0v) is 21.4. The zero-order valence-electron chi connectivity index (χ0n) is 21.4. The molecule has 4 aromatic carbocycles. The summed E-state index contributed by atoms with van der Waals surface area (Å²) in [6.07, 6.45) is 0. The quantitative estimate of drug-likeness (QED) is 0.174. The van der Waals surface area contributed by atoms with Crippen LogP contribution in [0.1, 0.15) is 28.3 Å². The lowest BCUT2D eigenvalue weighted by Gasteiger charge is -2.25. The topological polar surface area (TPSA) is 76.1 Å². The Hall–Kier alpha value is -4.91. The number of aliphatic hydroxyl groups excluding tert-OH is 1. The lowest BCUT2D eigenvalue weighted by atomic mass is 9.94. The second-order valence-corrected chi connectivity index (χ2v) is 9.17. The first-order valence-electron chi connectivity index (χ1n) is 12.4. The number of Topliss-reactive ketones (excluding diaryl/α,β-unsaturated/α-hetero) is 1. The predicted molar refractivity (Wildman–Crippen MR) is 146 cm³/mol. The molecule has 0 saturated carbocycles. The molecule has 1 aliphatic heterocycles. The minimum absolute atomic E-state index is 0.0835. The maximum atomic E-state index is 13.8. The number of hydrogen-bond donors (Lipinski definition) is 1. The molecule has 196 valence electrons. The lowest BCUT2D eigenvalue weighted by molar-refractivity contribution is -0.132. The molecule has 1 amide bonds. The highest BCUT2D eigenvalue weighted by Gasteiger charge is 2.47. The van der Waals surface area contributed by atoms with Crippen LogP contribution in [-0.4, -0.2) is 23.9 Å². The van der Waals surface area contributed by atoms with Crippen LogP contribution < -0.4 is 14.4 Å². The number of nitrogens with zero attached hydrogens (tertiary/aromatic N) is 1. The van der Waals surface area contributed by atoms with Crippen molar-refractivity contribution in [2.45, 2.75) is 19.6 Å². The fourth-order valence-corrected chi connectivity index (χ4v) is 4.65. The third-order valence-electron chi connectivity index (χ3n) is 6.67. The summed E-state index contributed by atoms with van der Waals surface area (Å²) in [5.41, 5.74) is 2.96. The van der Waals surface area contributed by atoms with Crippen molar-refractivity contribution in [3.05, 3.63) is 131 Å². The van der Waals surface area contributed by atoms with E-state index in [9.17, 15) is 19.1 Å². The van der Waals surface area contributed by atoms with E-state index in [1.807, 2.05) is 37.3 Å². The highest BCUT2D eigenvalue weighted by atomic mass is 19.1. The Balaban J connectivity index is 1.55. The summed E-state index contributed by atoms with van der Waals surface area (Å²) in [4.78, 5) is 28.0. The number of aryl methyl sites for hydroxylation is 1. The molecule has 5 rings (SSSR count). The number of hydrogen-bond acceptors (Lipinski definition) is 5. The number of rotatable bonds is 7. The first-order chi connectivity index (χ1) is 18.9. The SMILES string of the molecule is COc1ccc(N2C(=O)C(=O)/C(=C(\O)c3ccc(OCc4ccccc4)c(C)c3)C2c2ccc(F)cc2)cc1. The Morgan fingerprint density at radius 2 is 1.62 bits per heavy atom. The normalized spacial score (nSPS) is 16.4. The molecule has 7 heteroatoms. The van der Waals surface area contributed by atoms with Crippen LogP contribution in [0.5, 0.6) is 11.5 Å². The summed E-state index contributed by atoms with van der Waals surface area (Å²) >= 11 is 0. The summed E-state index contributed by atoms with van der Waals surface area (Å²) in [7, 11) is 1.53. The van der Waals surface area contributed by atoms with Gasteiger partial charge in [0.2, 0.25) is 0 Å². The zero-order chi connectivity index (χ0) is 27.5. The van der Waals surface area contributed by atoms with Gasteiger partial charge in [-0.15, -0.1) is 0 Å². The van der Waals surface area contributed by atoms with Crippen LogP contribution in [0.15, 0.2) is 103 Å². The van der Waals surface area contributed by atoms with Gasteiger partial charge in [-0.25, -0.2) is 4.39 Å². The number of aliphatic hydroxyl groups is 1. The van der Waals surface area contributed by atoms with Gasteiger partial charge >= 0.3 is 0 Å². The number of methoxy groups -OCH3 is 1. The van der Waals surface area contributed by atoms with Crippen LogP contribution in [0.25, 0.3) is 5.76 Å². The van der Waals surface area contributed by atoms with E-state index in [0.29, 0.717) is 34.9 Å². The highest BCUT2D eigenvalue weighted by molar-refractivity contribution is 6.51. The molecule has 6 nitrogen and oxygen atoms in total. The van der Waals surface area contributed by atoms with Crippen molar-refractivity contribution in [3.63, 3.8) is 0 Å². The van der Waals surface area contributed by atoms with Gasteiger partial charge in [0.25, 0.3) is 11.7 Å². The number of carbonyl (C=O) groups excluding carboxylic acids is 2. The fraction of sp³-hybridized carbons (Fsp3) is 0.125. The summed E-state index contributed by atoms with van der Waals surface area (Å²) in [5, 5.41) is 11.4. The van der Waals surface area contributed by atoms with Gasteiger partial charge in [-0.2, -0.15) is 0 Å². The van der Waals surface area contributed by atoms with Gasteiger partial charge in [0.05, 0.1) is 18.7 Å². The molecule has 1 unspecified atom stereocenters. The third-order valence-corrected chi connectivity index (χ3v) is 6.67. The summed E-state index contributed by atoms with van der Waals surface area (Å²) in [6.45, 7) is 2.22. The van der Waals surface area contributed by atoms with Crippen molar-refractivity contribution in [1.29, 1.82) is 0 Å². The molecule has 0 bridgehead atoms. The van der Waals surface area contributed by atoms with Gasteiger partial charge in [-0.3, -0.25) is 14.5 Å². The Kier molecular flexibility index (Phi) is 7.14. The average Bonchev–Trinajstić information content (AvgIpc) is 3.22. The second kappa shape index (κ2) is 10.8. The van der Waals surface area contributed by atoms with E-state index in [1.54, 1.807) is 42.5 Å². The van der Waals surface area contributed by atoms with Crippen molar-refractivity contribution in [2.75, 3.05) is 12.0 Å². The molecule has 1 saturated heterocycles. The van der Waals surface area contributed by atoms with Crippen LogP contribution in [0.2, 0.25) is 0 Å². The standard InChI is InChI=1S/C32H26FNO5/c1-20-18-23(10-17-27(20)39-19-21-6-4-3-5-7-21)30(35)28-29(22-8-11-24(33)12-9-22)34(32(37)31(28)36)25-13-15-26(38-2)16-14-25/h3-18,29,35H,19H2,1-2H3/b30-28-. The van der Waals surface area contributed by atoms with Crippen LogP contribution >= 0.6 is 0 Å². The van der Waals surface area contributed by atoms with E-state index in [2.05, 4.69) is 0 Å². The van der Waals surface area contributed by atoms with Crippen molar-refractivity contribution >= 4 is 23.1 Å². The number of ketones is 1. The van der Waals surface area contributed by atoms with Crippen LogP contribution in [-0.2, 0) is 16.2 Å². The maximum Gasteiger partial charge on any atom is 0.300 e. The van der Waals surface area contributed by atoms with Crippen molar-refractivity contribution in [2.24, 2.45) is 0 Å². The van der Waals surface area contributed by atoms with Crippen molar-refractivity contribution < 1.29 is 28.6 Å². The Labute approximate surface area is 225 Å². The molecule has 4 aromatic rings. The van der Waals surface area contributed by atoms with Crippen LogP contribution in [0.3, 0.4) is 0 Å². The first-order valence-corrected chi connectivity index (χ1v) is 12.4. The molecule has 0 radical (unpaired) electrons. The van der Waals surface area contributed by atoms with E-state index in [4.69, 9.17) is 9.47 Å². The summed E-state index contributed by atoms with van der Waals surface area (Å²) in [6, 6.07) is 26.0. The number of carbonyl (C=O) groups is 2. The van der Waals surface area contributed by atoms with Gasteiger partial charge in [-0.05, 0) is 78.2 Å². The van der Waals surface area contributed by atoms with Crippen molar-refractivity contribution in [3.8, 4) is 11.5 Å². The molecule has 1 fully saturated rings. The smallest absolute Gasteiger partial charge is 0.300 e. The average molecular weight is 524 g/mol. The molecular weight excluding hydrogens is 497 g/mol. The van der Waals surface area contributed by atoms with Gasteiger partial charge < -0.3 is 14.6 Å². The Morgan fingerprint density at radius 3 is 2.26 bits per heavy atom. The van der Waals surface area contributed by atoms with E-state index in [-0.39, 0.29) is 11.3 Å². The number of anilines is 1. The third kappa shape index (κ3) is 5.11. The molecule has 1 atom stereocenters. The van der Waals surface area contributed by atoms with E-state index < -0.39 is 23.5 Å². The van der Waals surface area contributed by atoms with Gasteiger partial charge in [0.1, 0.15) is 29.7 Å². The summed E-state index contributed by atoms with van der Waals surface area (Å²) < 4.78 is 24.9. The molecule has 0 spiro atoms. The Morgan fingerprint density at radius 1 is 0.923 bits per heavy atom. The maximum absolute atomic E-state index is 13.8. The molecular formula is C32H26FNO5. The number of halogens is 1. The minimum Gasteiger partial charge on any atom is -0.507 e. The molecule has 1 aliphatic rings. The largest absolute Gasteiger partial charge is 0.507 e. The number of benzene rings is 4. The second-order valence-electron chi connectivity index (χ2n) is 9.17. The molecule has 1 N–H and O–H groups in total. The van der Waals surface area contributed by atoms with Gasteiger partial charge in [0.15, 0.2) is 0 Å². The highest BCUT2D eigenvalue weighted by Crippen LogP contribution is 2.42. The number of ether oxygens (including phenoxy) is 2. The molecule has 0 aromatic heterocycles. The lowest BCUT2D eigenvalue weighted by Crippen LogP contribution is -2.29. The number of amides is 1. The minimum atomic E-state index is -0.965. The molecule has 0 aliphatic carbocycles. The molecule has 1 heterocycles. The summed E-state index contributed by atoms with van der Waals surface area (Å²) in [5.74, 6) is -1.20.